The van der Waals surface area contributed by atoms with Gasteiger partial charge in [0.2, 0.25) is 0 Å². The van der Waals surface area contributed by atoms with Gasteiger partial charge in [-0.15, -0.1) is 0 Å². The van der Waals surface area contributed by atoms with Gasteiger partial charge in [0, 0.05) is 36.0 Å². The van der Waals surface area contributed by atoms with Crippen molar-refractivity contribution >= 4 is 52.5 Å². The van der Waals surface area contributed by atoms with Gasteiger partial charge >= 0.3 is 11.9 Å². The lowest BCUT2D eigenvalue weighted by molar-refractivity contribution is -0.161. The lowest BCUT2D eigenvalue weighted by atomic mass is 9.61. The number of alkyl halides is 3. The number of benzene rings is 2. The molecule has 2 aromatic carbocycles. The number of phenolic OH excluding ortho intramolecular Hbond substituents is 1. The number of rotatable bonds is 5. The van der Waals surface area contributed by atoms with Gasteiger partial charge in [-0.05, 0) is 77.3 Å². The number of cyclic esters (lactones) is 1. The quantitative estimate of drug-likeness (QED) is 0.153. The molecule has 3 fully saturated rings. The highest BCUT2D eigenvalue weighted by Gasteiger charge is 2.74. The van der Waals surface area contributed by atoms with E-state index < -0.39 is 81.7 Å². The molecule has 0 saturated carbocycles. The van der Waals surface area contributed by atoms with E-state index in [9.17, 15) is 24.6 Å². The van der Waals surface area contributed by atoms with Crippen molar-refractivity contribution in [1.29, 1.82) is 0 Å². The van der Waals surface area contributed by atoms with Crippen LogP contribution in [0.5, 0.6) is 17.2 Å². The summed E-state index contributed by atoms with van der Waals surface area (Å²) in [5.41, 5.74) is 1.65. The minimum atomic E-state index is -1.49. The van der Waals surface area contributed by atoms with Crippen LogP contribution in [-0.2, 0) is 45.4 Å². The van der Waals surface area contributed by atoms with E-state index in [-0.39, 0.29) is 18.8 Å². The number of aromatic hydroxyl groups is 1. The predicted octanol–water partition coefficient (Wildman–Crippen LogP) is 6.27. The van der Waals surface area contributed by atoms with E-state index >= 15 is 0 Å². The van der Waals surface area contributed by atoms with Crippen LogP contribution in [0.2, 0.25) is 0 Å². The summed E-state index contributed by atoms with van der Waals surface area (Å²) in [5.74, 6) is -2.71. The summed E-state index contributed by atoms with van der Waals surface area (Å²) in [6.07, 6.45) is -2.92. The number of carbonyl (C=O) groups is 3. The van der Waals surface area contributed by atoms with Gasteiger partial charge in [-0.3, -0.25) is 9.59 Å². The van der Waals surface area contributed by atoms with Crippen LogP contribution in [0.25, 0.3) is 0 Å². The van der Waals surface area contributed by atoms with Gasteiger partial charge in [-0.25, -0.2) is 4.79 Å². The van der Waals surface area contributed by atoms with Crippen LogP contribution in [0.3, 0.4) is 0 Å². The Morgan fingerprint density at radius 2 is 1.81 bits per heavy atom. The molecule has 7 rings (SSSR count). The summed E-state index contributed by atoms with van der Waals surface area (Å²) >= 11 is 14.4. The normalized spacial score (nSPS) is 31.3. The monoisotopic (exact) mass is 780 g/mol. The van der Waals surface area contributed by atoms with Gasteiger partial charge in [-0.1, -0.05) is 52.5 Å². The number of halogens is 3. The first-order valence-corrected chi connectivity index (χ1v) is 18.5. The molecule has 0 unspecified atom stereocenters. The third-order valence-corrected chi connectivity index (χ3v) is 10.2. The summed E-state index contributed by atoms with van der Waals surface area (Å²) in [7, 11) is 0. The van der Waals surface area contributed by atoms with Crippen molar-refractivity contribution in [3.05, 3.63) is 63.7 Å². The second kappa shape index (κ2) is 14.3. The van der Waals surface area contributed by atoms with E-state index in [1.165, 1.54) is 6.92 Å². The van der Waals surface area contributed by atoms with Crippen molar-refractivity contribution in [1.82, 2.24) is 0 Å². The Labute approximate surface area is 317 Å². The van der Waals surface area contributed by atoms with Gasteiger partial charge in [0.05, 0.1) is 17.6 Å². The summed E-state index contributed by atoms with van der Waals surface area (Å²) in [6, 6.07) is 7.20. The summed E-state index contributed by atoms with van der Waals surface area (Å²) < 4.78 is 36.6. The van der Waals surface area contributed by atoms with Gasteiger partial charge in [0.1, 0.15) is 30.2 Å². The Morgan fingerprint density at radius 1 is 1.12 bits per heavy atom. The van der Waals surface area contributed by atoms with Crippen molar-refractivity contribution in [3.63, 3.8) is 0 Å². The Balaban J connectivity index is 0.00000110. The largest absolute Gasteiger partial charge is 0.508 e. The van der Waals surface area contributed by atoms with E-state index in [1.807, 2.05) is 39.0 Å². The molecule has 5 aliphatic heterocycles. The lowest BCUT2D eigenvalue weighted by Crippen LogP contribution is -2.50. The number of esters is 2. The summed E-state index contributed by atoms with van der Waals surface area (Å²) in [6.45, 7) is 12.2. The number of fused-ring (bicyclic) bond motifs is 11. The van der Waals surface area contributed by atoms with Gasteiger partial charge in [0.25, 0.3) is 0 Å². The predicted molar refractivity (Wildman–Crippen MR) is 191 cm³/mol. The molecule has 14 heteroatoms. The van der Waals surface area contributed by atoms with Crippen LogP contribution < -0.4 is 9.47 Å². The number of Topliss-reactive ketones (excluding diaryl/α,β-unsaturated/α-hetero) is 1. The molecule has 0 spiro atoms. The molecule has 5 aliphatic rings. The van der Waals surface area contributed by atoms with Crippen molar-refractivity contribution < 1.29 is 53.0 Å². The Kier molecular flexibility index (Phi) is 10.6. The van der Waals surface area contributed by atoms with Crippen LogP contribution in [0.15, 0.2) is 35.9 Å². The standard InChI is InChI=1S/C37H42O11.CHCl3/c1-16(2)8-9-20-10-11-22(39)26-28(20)37(21-12-17(3)13-24-31(21)46-25(15-43-24)36(6,7)42)29-27(32(26)48-37)30(40)23(45-19(5)38)14-18(4)44-35(41)34-33(29)47-34;2-1(3)4/h8,10-13,18,23,25,27,29,32-34,39,42H,9,14-15H2,1-7H3;1H/t18-,23-,25+,27+,29+,32+,33+,34+,37-;/m1./s1. The van der Waals surface area contributed by atoms with Gasteiger partial charge in [-0.2, -0.15) is 0 Å². The average Bonchev–Trinajstić information content (AvgIpc) is 3.65. The molecule has 2 N–H and O–H groups in total. The van der Waals surface area contributed by atoms with E-state index in [0.29, 0.717) is 34.6 Å². The Hall–Kier alpha value is -3.06. The molecular formula is C38H43Cl3O11. The van der Waals surface area contributed by atoms with Gasteiger partial charge in [0.15, 0.2) is 39.9 Å². The molecule has 282 valence electrons. The van der Waals surface area contributed by atoms with E-state index in [1.54, 1.807) is 26.8 Å². The zero-order chi connectivity index (χ0) is 38.0. The number of allylic oxidation sites excluding steroid dienone is 2. The molecule has 3 saturated heterocycles. The molecule has 11 nitrogen and oxygen atoms in total. The number of ether oxygens (including phenoxy) is 6. The molecule has 0 aliphatic carbocycles. The van der Waals surface area contributed by atoms with Crippen molar-refractivity contribution in [2.75, 3.05) is 6.61 Å². The zero-order valence-corrected chi connectivity index (χ0v) is 32.2. The summed E-state index contributed by atoms with van der Waals surface area (Å²) in [4.78, 5) is 40.5. The SMILES string of the molecule is CC(=O)O[C@@H]1C[C@@H](C)OC(=O)[C@H]2O[C@H]2[C@@H]2[C@@H](C1=O)[C@H]1O[C@]2(c2cc(C)cc3c2O[C@H](C(C)(C)O)CO3)c2c(CC=C(C)C)ccc(O)c21.ClC(Cl)Cl. The van der Waals surface area contributed by atoms with Crippen LogP contribution in [-0.4, -0.2) is 75.0 Å². The fourth-order valence-electron chi connectivity index (χ4n) is 8.03. The number of epoxide rings is 1. The molecule has 9 atom stereocenters. The second-order valence-electron chi connectivity index (χ2n) is 14.8. The van der Waals surface area contributed by atoms with E-state index in [4.69, 9.17) is 63.2 Å². The first kappa shape index (κ1) is 38.7. The number of carbonyl (C=O) groups excluding carboxylic acids is 3. The maximum atomic E-state index is 14.8. The molecule has 0 amide bonds. The first-order valence-electron chi connectivity index (χ1n) is 17.2. The second-order valence-corrected chi connectivity index (χ2v) is 16.8. The number of hydrogen-bond donors (Lipinski definition) is 2. The fourth-order valence-corrected chi connectivity index (χ4v) is 8.03. The van der Waals surface area contributed by atoms with Crippen molar-refractivity contribution in [3.8, 4) is 17.2 Å². The Morgan fingerprint density at radius 3 is 2.44 bits per heavy atom. The number of phenols is 1. The average molecular weight is 782 g/mol. The summed E-state index contributed by atoms with van der Waals surface area (Å²) in [5, 5.41) is 22.5. The maximum Gasteiger partial charge on any atom is 0.338 e. The van der Waals surface area contributed by atoms with Crippen LogP contribution in [0.4, 0.5) is 0 Å². The minimum absolute atomic E-state index is 0.0423. The molecule has 5 heterocycles. The zero-order valence-electron chi connectivity index (χ0n) is 29.9. The smallest absolute Gasteiger partial charge is 0.338 e. The van der Waals surface area contributed by atoms with Crippen LogP contribution >= 0.6 is 34.8 Å². The lowest BCUT2D eigenvalue weighted by Gasteiger charge is -2.42. The van der Waals surface area contributed by atoms with Crippen molar-refractivity contribution in [2.24, 2.45) is 11.8 Å². The Bertz CT molecular complexity index is 1800. The third kappa shape index (κ3) is 7.00. The third-order valence-electron chi connectivity index (χ3n) is 10.2. The molecule has 0 aromatic heterocycles. The number of ketones is 1. The highest BCUT2D eigenvalue weighted by molar-refractivity contribution is 6.63. The number of hydrogen-bond acceptors (Lipinski definition) is 11. The van der Waals surface area contributed by atoms with E-state index in [0.717, 1.165) is 16.7 Å². The van der Waals surface area contributed by atoms with Crippen LogP contribution in [0.1, 0.15) is 81.9 Å². The highest BCUT2D eigenvalue weighted by atomic mass is 35.6. The molecular weight excluding hydrogens is 739 g/mol. The number of aryl methyl sites for hydroxylation is 1. The molecule has 0 radical (unpaired) electrons. The van der Waals surface area contributed by atoms with E-state index in [2.05, 4.69) is 6.08 Å². The maximum absolute atomic E-state index is 14.8. The highest BCUT2D eigenvalue weighted by Crippen LogP contribution is 2.71. The minimum Gasteiger partial charge on any atom is -0.508 e. The molecule has 52 heavy (non-hydrogen) atoms. The van der Waals surface area contributed by atoms with Crippen LogP contribution in [0, 0.1) is 18.8 Å². The molecule has 2 aromatic rings. The van der Waals surface area contributed by atoms with Gasteiger partial charge < -0.3 is 38.6 Å². The topological polar surface area (TPSA) is 150 Å². The fraction of sp³-hybridized carbons (Fsp3) is 0.553. The van der Waals surface area contributed by atoms with Crippen molar-refractivity contribution in [2.45, 2.75) is 113 Å². The first-order chi connectivity index (χ1) is 24.3. The molecule has 2 bridgehead atoms. The number of aliphatic hydroxyl groups is 1.